The van der Waals surface area contributed by atoms with Gasteiger partial charge in [0, 0.05) is 18.1 Å². The molecule has 1 aromatic carbocycles. The van der Waals surface area contributed by atoms with Gasteiger partial charge in [-0.2, -0.15) is 0 Å². The summed E-state index contributed by atoms with van der Waals surface area (Å²) < 4.78 is 5.61. The Hall–Kier alpha value is -0.970. The minimum atomic E-state index is -0.170. The van der Waals surface area contributed by atoms with Crippen LogP contribution in [0.2, 0.25) is 5.02 Å². The molecule has 0 fully saturated rings. The number of likely N-dealkylation sites (N-methyl/N-ethyl adjacent to an activating group) is 1. The summed E-state index contributed by atoms with van der Waals surface area (Å²) in [5.74, 6) is 0.386. The highest BCUT2D eigenvalue weighted by Crippen LogP contribution is 2.23. The van der Waals surface area contributed by atoms with E-state index in [0.29, 0.717) is 22.9 Å². The lowest BCUT2D eigenvalue weighted by Crippen LogP contribution is -2.32. The quantitative estimate of drug-likeness (QED) is 0.759. The van der Waals surface area contributed by atoms with Crippen molar-refractivity contribution in [1.29, 1.82) is 0 Å². The maximum Gasteiger partial charge on any atom is 0.255 e. The third-order valence-electron chi connectivity index (χ3n) is 2.39. The molecule has 1 aromatic rings. The molecule has 114 valence electrons. The van der Waals surface area contributed by atoms with Crippen LogP contribution < -0.4 is 15.4 Å². The van der Waals surface area contributed by atoms with Crippen LogP contribution in [0.15, 0.2) is 18.2 Å². The molecular formula is C14H22Cl2N2O2. The molecule has 0 saturated carbocycles. The van der Waals surface area contributed by atoms with Crippen molar-refractivity contribution in [3.63, 3.8) is 0 Å². The third kappa shape index (κ3) is 6.46. The van der Waals surface area contributed by atoms with E-state index in [1.54, 1.807) is 18.2 Å². The summed E-state index contributed by atoms with van der Waals surface area (Å²) in [4.78, 5) is 12.1. The van der Waals surface area contributed by atoms with Crippen molar-refractivity contribution in [2.24, 2.45) is 0 Å². The predicted molar refractivity (Wildman–Crippen MR) is 85.3 cm³/mol. The number of carbonyl (C=O) groups is 1. The Kier molecular flexibility index (Phi) is 9.38. The number of rotatable bonds is 7. The van der Waals surface area contributed by atoms with Gasteiger partial charge < -0.3 is 15.4 Å². The van der Waals surface area contributed by atoms with Gasteiger partial charge in [-0.15, -0.1) is 12.4 Å². The van der Waals surface area contributed by atoms with Crippen molar-refractivity contribution in [2.45, 2.75) is 26.9 Å². The van der Waals surface area contributed by atoms with E-state index in [1.807, 2.05) is 20.8 Å². The maximum atomic E-state index is 12.1. The summed E-state index contributed by atoms with van der Waals surface area (Å²) in [5, 5.41) is 6.50. The van der Waals surface area contributed by atoms with Crippen LogP contribution in [0.1, 0.15) is 31.1 Å². The molecule has 1 amide bonds. The lowest BCUT2D eigenvalue weighted by Gasteiger charge is -2.14. The van der Waals surface area contributed by atoms with E-state index < -0.39 is 0 Å². The van der Waals surface area contributed by atoms with Gasteiger partial charge in [-0.05, 0) is 38.6 Å². The zero-order valence-corrected chi connectivity index (χ0v) is 13.6. The summed E-state index contributed by atoms with van der Waals surface area (Å²) >= 11 is 5.93. The molecule has 0 aliphatic rings. The molecule has 0 atom stereocenters. The van der Waals surface area contributed by atoms with Gasteiger partial charge in [-0.25, -0.2) is 0 Å². The molecule has 2 N–H and O–H groups in total. The van der Waals surface area contributed by atoms with Crippen molar-refractivity contribution in [3.8, 4) is 5.75 Å². The molecule has 4 nitrogen and oxygen atoms in total. The van der Waals surface area contributed by atoms with Crippen molar-refractivity contribution in [2.75, 3.05) is 19.6 Å². The van der Waals surface area contributed by atoms with Crippen LogP contribution in [0.25, 0.3) is 0 Å². The Morgan fingerprint density at radius 2 is 2.05 bits per heavy atom. The van der Waals surface area contributed by atoms with E-state index in [9.17, 15) is 4.79 Å². The second kappa shape index (κ2) is 9.86. The molecule has 0 aliphatic heterocycles. The molecule has 0 aromatic heterocycles. The van der Waals surface area contributed by atoms with Crippen LogP contribution in [0.5, 0.6) is 5.75 Å². The second-order valence-corrected chi connectivity index (χ2v) is 4.85. The fraction of sp³-hybridized carbons (Fsp3) is 0.500. The highest BCUT2D eigenvalue weighted by atomic mass is 35.5. The van der Waals surface area contributed by atoms with E-state index in [-0.39, 0.29) is 24.4 Å². The van der Waals surface area contributed by atoms with Crippen LogP contribution >= 0.6 is 24.0 Å². The first-order chi connectivity index (χ1) is 9.04. The number of ether oxygens (including phenoxy) is 1. The van der Waals surface area contributed by atoms with Crippen LogP contribution in [0.3, 0.4) is 0 Å². The van der Waals surface area contributed by atoms with Gasteiger partial charge in [0.05, 0.1) is 11.7 Å². The molecule has 0 aliphatic carbocycles. The molecule has 1 rings (SSSR count). The maximum absolute atomic E-state index is 12.1. The molecule has 6 heteroatoms. The lowest BCUT2D eigenvalue weighted by atomic mass is 10.2. The highest BCUT2D eigenvalue weighted by Gasteiger charge is 2.13. The minimum Gasteiger partial charge on any atom is -0.490 e. The Labute approximate surface area is 131 Å². The molecular weight excluding hydrogens is 299 g/mol. The summed E-state index contributed by atoms with van der Waals surface area (Å²) in [6, 6.07) is 5.07. The first-order valence-corrected chi connectivity index (χ1v) is 6.87. The Morgan fingerprint density at radius 1 is 1.35 bits per heavy atom. The molecule has 0 saturated heterocycles. The summed E-state index contributed by atoms with van der Waals surface area (Å²) in [7, 11) is 0. The summed E-state index contributed by atoms with van der Waals surface area (Å²) in [5.41, 5.74) is 0.470. The number of halogens is 2. The van der Waals surface area contributed by atoms with Gasteiger partial charge >= 0.3 is 0 Å². The first kappa shape index (κ1) is 19.0. The number of nitrogens with one attached hydrogen (secondary N) is 2. The van der Waals surface area contributed by atoms with Gasteiger partial charge in [0.2, 0.25) is 0 Å². The average molecular weight is 321 g/mol. The summed E-state index contributed by atoms with van der Waals surface area (Å²) in [6.07, 6.45) is 0.00878. The van der Waals surface area contributed by atoms with Gasteiger partial charge in [0.1, 0.15) is 5.75 Å². The van der Waals surface area contributed by atoms with Crippen molar-refractivity contribution in [1.82, 2.24) is 10.6 Å². The van der Waals surface area contributed by atoms with Gasteiger partial charge in [-0.3, -0.25) is 4.79 Å². The normalized spacial score (nSPS) is 10.1. The topological polar surface area (TPSA) is 50.4 Å². The van der Waals surface area contributed by atoms with E-state index in [1.165, 1.54) is 0 Å². The number of amides is 1. The number of carbonyl (C=O) groups excluding carboxylic acids is 1. The fourth-order valence-corrected chi connectivity index (χ4v) is 1.74. The Morgan fingerprint density at radius 3 is 2.65 bits per heavy atom. The van der Waals surface area contributed by atoms with E-state index in [4.69, 9.17) is 16.3 Å². The zero-order valence-electron chi connectivity index (χ0n) is 12.0. The number of hydrogen-bond acceptors (Lipinski definition) is 3. The molecule has 0 unspecified atom stereocenters. The van der Waals surface area contributed by atoms with Gasteiger partial charge in [0.25, 0.3) is 5.91 Å². The smallest absolute Gasteiger partial charge is 0.255 e. The first-order valence-electron chi connectivity index (χ1n) is 6.49. The minimum absolute atomic E-state index is 0. The third-order valence-corrected chi connectivity index (χ3v) is 2.62. The van der Waals surface area contributed by atoms with Crippen molar-refractivity contribution >= 4 is 29.9 Å². The van der Waals surface area contributed by atoms with Crippen LogP contribution in [0.4, 0.5) is 0 Å². The fourth-order valence-electron chi connectivity index (χ4n) is 1.57. The van der Waals surface area contributed by atoms with E-state index in [2.05, 4.69) is 10.6 Å². The van der Waals surface area contributed by atoms with Crippen molar-refractivity contribution in [3.05, 3.63) is 28.8 Å². The Balaban J connectivity index is 0.00000361. The monoisotopic (exact) mass is 320 g/mol. The number of hydrogen-bond donors (Lipinski definition) is 2. The largest absolute Gasteiger partial charge is 0.490 e. The van der Waals surface area contributed by atoms with Crippen LogP contribution in [-0.4, -0.2) is 31.6 Å². The average Bonchev–Trinajstić information content (AvgIpc) is 2.36. The predicted octanol–water partition coefficient (Wildman–Crippen LogP) is 2.89. The molecule has 0 heterocycles. The summed E-state index contributed by atoms with van der Waals surface area (Å²) in [6.45, 7) is 8.05. The second-order valence-electron chi connectivity index (χ2n) is 4.42. The van der Waals surface area contributed by atoms with Crippen LogP contribution in [-0.2, 0) is 0 Å². The lowest BCUT2D eigenvalue weighted by molar-refractivity contribution is 0.0948. The van der Waals surface area contributed by atoms with Crippen LogP contribution in [0, 0.1) is 0 Å². The SMILES string of the molecule is CCNCCNC(=O)c1cc(Cl)ccc1OC(C)C.Cl. The van der Waals surface area contributed by atoms with Gasteiger partial charge in [0.15, 0.2) is 0 Å². The number of benzene rings is 1. The van der Waals surface area contributed by atoms with E-state index in [0.717, 1.165) is 13.1 Å². The standard InChI is InChI=1S/C14H21ClN2O2.ClH/c1-4-16-7-8-17-14(18)12-9-11(15)5-6-13(12)19-10(2)3;/h5-6,9-10,16H,4,7-8H2,1-3H3,(H,17,18);1H. The van der Waals surface area contributed by atoms with E-state index >= 15 is 0 Å². The highest BCUT2D eigenvalue weighted by molar-refractivity contribution is 6.31. The molecule has 0 spiro atoms. The molecule has 0 radical (unpaired) electrons. The zero-order chi connectivity index (χ0) is 14.3. The molecule has 20 heavy (non-hydrogen) atoms. The van der Waals surface area contributed by atoms with Gasteiger partial charge in [-0.1, -0.05) is 18.5 Å². The Bertz CT molecular complexity index is 426. The molecule has 0 bridgehead atoms. The van der Waals surface area contributed by atoms with Crippen molar-refractivity contribution < 1.29 is 9.53 Å².